The molecule has 0 spiro atoms. The van der Waals surface area contributed by atoms with E-state index in [2.05, 4.69) is 0 Å². The van der Waals surface area contributed by atoms with Gasteiger partial charge < -0.3 is 4.90 Å². The minimum Gasteiger partial charge on any atom is -0.302 e. The Labute approximate surface area is 94.4 Å². The fourth-order valence-electron chi connectivity index (χ4n) is 1.42. The van der Waals surface area contributed by atoms with Gasteiger partial charge in [0, 0.05) is 5.69 Å². The molecule has 16 heavy (non-hydrogen) atoms. The van der Waals surface area contributed by atoms with E-state index in [1.165, 1.54) is 28.8 Å². The lowest BCUT2D eigenvalue weighted by atomic mass is 10.2. The summed E-state index contributed by atoms with van der Waals surface area (Å²) in [4.78, 5) is 12.8. The van der Waals surface area contributed by atoms with Gasteiger partial charge in [-0.05, 0) is 24.3 Å². The van der Waals surface area contributed by atoms with Gasteiger partial charge in [-0.15, -0.1) is 11.8 Å². The second-order valence-corrected chi connectivity index (χ2v) is 4.30. The maximum absolute atomic E-state index is 12.3. The van der Waals surface area contributed by atoms with Gasteiger partial charge >= 0.3 is 6.18 Å². The Morgan fingerprint density at radius 2 is 1.81 bits per heavy atom. The van der Waals surface area contributed by atoms with E-state index in [0.717, 1.165) is 12.1 Å². The third-order valence-corrected chi connectivity index (χ3v) is 3.15. The normalized spacial score (nSPS) is 16.9. The van der Waals surface area contributed by atoms with Crippen LogP contribution in [0.25, 0.3) is 0 Å². The van der Waals surface area contributed by atoms with Crippen LogP contribution in [0.5, 0.6) is 0 Å². The van der Waals surface area contributed by atoms with Crippen LogP contribution in [0.1, 0.15) is 5.56 Å². The maximum atomic E-state index is 12.3. The molecule has 0 saturated carbocycles. The quantitative estimate of drug-likeness (QED) is 0.760. The first-order valence-corrected chi connectivity index (χ1v) is 5.69. The number of rotatable bonds is 1. The number of carbonyl (C=O) groups excluding carboxylic acids is 1. The van der Waals surface area contributed by atoms with Gasteiger partial charge in [0.1, 0.15) is 0 Å². The smallest absolute Gasteiger partial charge is 0.302 e. The topological polar surface area (TPSA) is 20.3 Å². The van der Waals surface area contributed by atoms with Crippen LogP contribution in [0.2, 0.25) is 0 Å². The SMILES string of the molecule is O=C1CSCN1c1ccc(C(F)(F)F)cc1. The fraction of sp³-hybridized carbons (Fsp3) is 0.300. The molecule has 1 aliphatic rings. The Bertz CT molecular complexity index is 402. The number of hydrogen-bond donors (Lipinski definition) is 0. The summed E-state index contributed by atoms with van der Waals surface area (Å²) in [5.74, 6) is 0.829. The molecule has 0 bridgehead atoms. The zero-order valence-electron chi connectivity index (χ0n) is 8.12. The predicted molar refractivity (Wildman–Crippen MR) is 56.3 cm³/mol. The zero-order valence-corrected chi connectivity index (χ0v) is 8.94. The highest BCUT2D eigenvalue weighted by Gasteiger charge is 2.30. The van der Waals surface area contributed by atoms with Crippen LogP contribution in [-0.2, 0) is 11.0 Å². The van der Waals surface area contributed by atoms with Gasteiger partial charge in [0.25, 0.3) is 0 Å². The molecule has 0 atom stereocenters. The van der Waals surface area contributed by atoms with Crippen molar-refractivity contribution in [2.24, 2.45) is 0 Å². The van der Waals surface area contributed by atoms with Crippen LogP contribution in [0, 0.1) is 0 Å². The van der Waals surface area contributed by atoms with Gasteiger partial charge in [-0.1, -0.05) is 0 Å². The molecule has 86 valence electrons. The second kappa shape index (κ2) is 4.01. The van der Waals surface area contributed by atoms with Gasteiger partial charge in [0.2, 0.25) is 5.91 Å². The second-order valence-electron chi connectivity index (χ2n) is 3.34. The molecule has 2 rings (SSSR count). The molecule has 1 amide bonds. The fourth-order valence-corrected chi connectivity index (χ4v) is 2.32. The van der Waals surface area contributed by atoms with E-state index < -0.39 is 11.7 Å². The van der Waals surface area contributed by atoms with Crippen LogP contribution in [-0.4, -0.2) is 17.5 Å². The van der Waals surface area contributed by atoms with Crippen LogP contribution in [0.4, 0.5) is 18.9 Å². The van der Waals surface area contributed by atoms with Crippen molar-refractivity contribution in [3.05, 3.63) is 29.8 Å². The van der Waals surface area contributed by atoms with E-state index in [-0.39, 0.29) is 5.91 Å². The number of alkyl halides is 3. The molecule has 0 unspecified atom stereocenters. The van der Waals surface area contributed by atoms with Gasteiger partial charge in [-0.2, -0.15) is 13.2 Å². The van der Waals surface area contributed by atoms with E-state index in [0.29, 0.717) is 17.3 Å². The van der Waals surface area contributed by atoms with Crippen molar-refractivity contribution in [1.82, 2.24) is 0 Å². The molecule has 0 aliphatic carbocycles. The van der Waals surface area contributed by atoms with Crippen molar-refractivity contribution >= 4 is 23.4 Å². The molecule has 6 heteroatoms. The first-order chi connectivity index (χ1) is 7.48. The van der Waals surface area contributed by atoms with Crippen molar-refractivity contribution in [3.63, 3.8) is 0 Å². The average Bonchev–Trinajstić information content (AvgIpc) is 2.63. The summed E-state index contributed by atoms with van der Waals surface area (Å²) in [6, 6.07) is 4.64. The highest BCUT2D eigenvalue weighted by Crippen LogP contribution is 2.31. The van der Waals surface area contributed by atoms with Crippen molar-refractivity contribution in [3.8, 4) is 0 Å². The summed E-state index contributed by atoms with van der Waals surface area (Å²) in [7, 11) is 0. The van der Waals surface area contributed by atoms with Crippen LogP contribution < -0.4 is 4.90 Å². The Hall–Kier alpha value is -1.17. The predicted octanol–water partition coefficient (Wildman–Crippen LogP) is 2.74. The molecule has 1 heterocycles. The van der Waals surface area contributed by atoms with Gasteiger partial charge in [-0.3, -0.25) is 4.79 Å². The molecule has 1 aromatic rings. The van der Waals surface area contributed by atoms with Crippen LogP contribution >= 0.6 is 11.8 Å². The molecule has 2 nitrogen and oxygen atoms in total. The Balaban J connectivity index is 2.22. The van der Waals surface area contributed by atoms with Crippen molar-refractivity contribution in [2.75, 3.05) is 16.5 Å². The lowest BCUT2D eigenvalue weighted by molar-refractivity contribution is -0.137. The molecule has 1 fully saturated rings. The number of halogens is 3. The molecule has 1 aliphatic heterocycles. The minimum absolute atomic E-state index is 0.0650. The number of anilines is 1. The first kappa shape index (κ1) is 11.3. The number of amides is 1. The molecule has 0 radical (unpaired) electrons. The molecular formula is C10H8F3NOS. The average molecular weight is 247 g/mol. The standard InChI is InChI=1S/C10H8F3NOS/c11-10(12,13)7-1-3-8(4-2-7)14-6-16-5-9(14)15/h1-4H,5-6H2. The Kier molecular flexibility index (Phi) is 2.84. The summed E-state index contributed by atoms with van der Waals surface area (Å²) in [6.45, 7) is 0. The number of benzene rings is 1. The summed E-state index contributed by atoms with van der Waals surface area (Å²) in [6.07, 6.45) is -4.33. The van der Waals surface area contributed by atoms with E-state index in [1.54, 1.807) is 0 Å². The van der Waals surface area contributed by atoms with Crippen LogP contribution in [0.3, 0.4) is 0 Å². The highest BCUT2D eigenvalue weighted by atomic mass is 32.2. The largest absolute Gasteiger partial charge is 0.416 e. The summed E-state index contributed by atoms with van der Waals surface area (Å²) in [5, 5.41) is 0. The number of hydrogen-bond acceptors (Lipinski definition) is 2. The van der Waals surface area contributed by atoms with Crippen molar-refractivity contribution < 1.29 is 18.0 Å². The lowest BCUT2D eigenvalue weighted by Gasteiger charge is -2.15. The van der Waals surface area contributed by atoms with Crippen LogP contribution in [0.15, 0.2) is 24.3 Å². The molecule has 1 aromatic carbocycles. The number of nitrogens with zero attached hydrogens (tertiary/aromatic N) is 1. The Morgan fingerprint density at radius 3 is 2.25 bits per heavy atom. The molecular weight excluding hydrogens is 239 g/mol. The third kappa shape index (κ3) is 2.16. The zero-order chi connectivity index (χ0) is 11.8. The highest BCUT2D eigenvalue weighted by molar-refractivity contribution is 8.00. The van der Waals surface area contributed by atoms with Crippen molar-refractivity contribution in [1.29, 1.82) is 0 Å². The third-order valence-electron chi connectivity index (χ3n) is 2.25. The van der Waals surface area contributed by atoms with Gasteiger partial charge in [0.05, 0.1) is 17.2 Å². The van der Waals surface area contributed by atoms with E-state index in [4.69, 9.17) is 0 Å². The summed E-state index contributed by atoms with van der Waals surface area (Å²) >= 11 is 1.45. The van der Waals surface area contributed by atoms with E-state index >= 15 is 0 Å². The molecule has 0 N–H and O–H groups in total. The monoisotopic (exact) mass is 247 g/mol. The van der Waals surface area contributed by atoms with Crippen molar-refractivity contribution in [2.45, 2.75) is 6.18 Å². The van der Waals surface area contributed by atoms with Gasteiger partial charge in [-0.25, -0.2) is 0 Å². The summed E-state index contributed by atoms with van der Waals surface area (Å²) < 4.78 is 36.9. The number of thioether (sulfide) groups is 1. The van der Waals surface area contributed by atoms with E-state index in [1.807, 2.05) is 0 Å². The number of carbonyl (C=O) groups is 1. The molecule has 1 saturated heterocycles. The molecule has 0 aromatic heterocycles. The minimum atomic E-state index is -4.33. The van der Waals surface area contributed by atoms with E-state index in [9.17, 15) is 18.0 Å². The Morgan fingerprint density at radius 1 is 1.19 bits per heavy atom. The van der Waals surface area contributed by atoms with Gasteiger partial charge in [0.15, 0.2) is 0 Å². The maximum Gasteiger partial charge on any atom is 0.416 e. The lowest BCUT2D eigenvalue weighted by Crippen LogP contribution is -2.24. The summed E-state index contributed by atoms with van der Waals surface area (Å²) in [5.41, 5.74) is -0.182. The first-order valence-electron chi connectivity index (χ1n) is 4.54.